The van der Waals surface area contributed by atoms with Crippen LogP contribution in [0.2, 0.25) is 0 Å². The molecule has 0 aliphatic carbocycles. The second-order valence-corrected chi connectivity index (χ2v) is 4.90. The summed E-state index contributed by atoms with van der Waals surface area (Å²) in [4.78, 5) is 14.4. The van der Waals surface area contributed by atoms with Crippen LogP contribution in [0.3, 0.4) is 0 Å². The summed E-state index contributed by atoms with van der Waals surface area (Å²) in [5, 5.41) is 8.89. The molecule has 0 heterocycles. The average molecular weight is 271 g/mol. The molecule has 1 amide bonds. The summed E-state index contributed by atoms with van der Waals surface area (Å²) < 4.78 is 12.7. The van der Waals surface area contributed by atoms with Gasteiger partial charge in [0.25, 0.3) is 0 Å². The minimum Gasteiger partial charge on any atom is -0.395 e. The minimum absolute atomic E-state index is 0.000208. The summed E-state index contributed by atoms with van der Waals surface area (Å²) in [6.45, 7) is 3.00. The number of benzene rings is 1. The van der Waals surface area contributed by atoms with Crippen molar-refractivity contribution in [3.8, 4) is 0 Å². The predicted octanol–water partition coefficient (Wildman–Crippen LogP) is 2.15. The van der Waals surface area contributed by atoms with Gasteiger partial charge in [-0.1, -0.05) is 6.92 Å². The van der Waals surface area contributed by atoms with Crippen LogP contribution in [0.5, 0.6) is 0 Å². The van der Waals surface area contributed by atoms with Crippen molar-refractivity contribution in [1.82, 2.24) is 4.90 Å². The molecule has 1 aromatic rings. The summed E-state index contributed by atoms with van der Waals surface area (Å²) in [6.07, 6.45) is 0.868. The molecule has 0 spiro atoms. The van der Waals surface area contributed by atoms with Crippen LogP contribution in [0.15, 0.2) is 29.2 Å². The van der Waals surface area contributed by atoms with E-state index in [2.05, 4.69) is 0 Å². The standard InChI is InChI=1S/C13H18FNO2S/c1-2-7-15(8-9-16)13(17)10-18-12-5-3-11(14)4-6-12/h3-6,16H,2,7-10H2,1H3. The highest BCUT2D eigenvalue weighted by molar-refractivity contribution is 8.00. The second-order valence-electron chi connectivity index (χ2n) is 3.85. The van der Waals surface area contributed by atoms with Crippen LogP contribution in [0.25, 0.3) is 0 Å². The third-order valence-corrected chi connectivity index (χ3v) is 3.39. The number of thioether (sulfide) groups is 1. The summed E-state index contributed by atoms with van der Waals surface area (Å²) in [6, 6.07) is 6.07. The molecule has 0 saturated carbocycles. The lowest BCUT2D eigenvalue weighted by Gasteiger charge is -2.20. The fourth-order valence-corrected chi connectivity index (χ4v) is 2.32. The normalized spacial score (nSPS) is 10.4. The molecule has 5 heteroatoms. The van der Waals surface area contributed by atoms with Gasteiger partial charge in [0.2, 0.25) is 5.91 Å². The Kier molecular flexibility index (Phi) is 6.75. The number of aliphatic hydroxyl groups is 1. The van der Waals surface area contributed by atoms with Gasteiger partial charge < -0.3 is 10.0 Å². The fraction of sp³-hybridized carbons (Fsp3) is 0.462. The zero-order valence-corrected chi connectivity index (χ0v) is 11.3. The second kappa shape index (κ2) is 8.11. The van der Waals surface area contributed by atoms with E-state index in [1.54, 1.807) is 17.0 Å². The summed E-state index contributed by atoms with van der Waals surface area (Å²) in [5.41, 5.74) is 0. The molecule has 1 rings (SSSR count). The van der Waals surface area contributed by atoms with E-state index in [0.717, 1.165) is 11.3 Å². The van der Waals surface area contributed by atoms with Crippen LogP contribution in [0, 0.1) is 5.82 Å². The van der Waals surface area contributed by atoms with Gasteiger partial charge in [-0.05, 0) is 30.7 Å². The van der Waals surface area contributed by atoms with Gasteiger partial charge in [-0.3, -0.25) is 4.79 Å². The van der Waals surface area contributed by atoms with Crippen LogP contribution in [-0.4, -0.2) is 41.4 Å². The number of hydrogen-bond acceptors (Lipinski definition) is 3. The Morgan fingerprint density at radius 1 is 1.33 bits per heavy atom. The number of hydrogen-bond donors (Lipinski definition) is 1. The van der Waals surface area contributed by atoms with Gasteiger partial charge in [0, 0.05) is 18.0 Å². The Labute approximate surface area is 111 Å². The average Bonchev–Trinajstić information content (AvgIpc) is 2.37. The molecule has 0 aliphatic heterocycles. The number of halogens is 1. The maximum atomic E-state index is 12.7. The number of amides is 1. The highest BCUT2D eigenvalue weighted by atomic mass is 32.2. The van der Waals surface area contributed by atoms with E-state index < -0.39 is 0 Å². The first kappa shape index (κ1) is 15.0. The fourth-order valence-electron chi connectivity index (χ4n) is 1.52. The molecule has 0 fully saturated rings. The molecule has 0 saturated heterocycles. The van der Waals surface area contributed by atoms with Crippen molar-refractivity contribution in [3.63, 3.8) is 0 Å². The van der Waals surface area contributed by atoms with Gasteiger partial charge in [-0.25, -0.2) is 4.39 Å². The van der Waals surface area contributed by atoms with Crippen LogP contribution in [0.4, 0.5) is 4.39 Å². The Bertz CT molecular complexity index is 364. The van der Waals surface area contributed by atoms with Crippen LogP contribution in [0.1, 0.15) is 13.3 Å². The van der Waals surface area contributed by atoms with E-state index >= 15 is 0 Å². The van der Waals surface area contributed by atoms with Crippen molar-refractivity contribution in [2.24, 2.45) is 0 Å². The van der Waals surface area contributed by atoms with E-state index in [9.17, 15) is 9.18 Å². The molecule has 0 radical (unpaired) electrons. The Morgan fingerprint density at radius 3 is 2.56 bits per heavy atom. The smallest absolute Gasteiger partial charge is 0.233 e. The Morgan fingerprint density at radius 2 is 2.00 bits per heavy atom. The zero-order chi connectivity index (χ0) is 13.4. The summed E-state index contributed by atoms with van der Waals surface area (Å²) >= 11 is 1.38. The first-order valence-electron chi connectivity index (χ1n) is 5.94. The SMILES string of the molecule is CCCN(CCO)C(=O)CSc1ccc(F)cc1. The third-order valence-electron chi connectivity index (χ3n) is 2.39. The lowest BCUT2D eigenvalue weighted by molar-refractivity contribution is -0.128. The molecule has 0 aromatic heterocycles. The van der Waals surface area contributed by atoms with Crippen molar-refractivity contribution >= 4 is 17.7 Å². The monoisotopic (exact) mass is 271 g/mol. The lowest BCUT2D eigenvalue weighted by Crippen LogP contribution is -2.35. The first-order valence-corrected chi connectivity index (χ1v) is 6.93. The molecule has 100 valence electrons. The van der Waals surface area contributed by atoms with Crippen molar-refractivity contribution < 1.29 is 14.3 Å². The molecule has 1 aromatic carbocycles. The van der Waals surface area contributed by atoms with E-state index in [1.165, 1.54) is 23.9 Å². The maximum Gasteiger partial charge on any atom is 0.233 e. The molecule has 3 nitrogen and oxygen atoms in total. The van der Waals surface area contributed by atoms with Gasteiger partial charge in [0.1, 0.15) is 5.82 Å². The van der Waals surface area contributed by atoms with Gasteiger partial charge in [0.05, 0.1) is 12.4 Å². The number of nitrogens with zero attached hydrogens (tertiary/aromatic N) is 1. The largest absolute Gasteiger partial charge is 0.395 e. The maximum absolute atomic E-state index is 12.7. The molecule has 1 N–H and O–H groups in total. The van der Waals surface area contributed by atoms with Gasteiger partial charge in [-0.15, -0.1) is 11.8 Å². The number of rotatable bonds is 7. The highest BCUT2D eigenvalue weighted by Crippen LogP contribution is 2.18. The summed E-state index contributed by atoms with van der Waals surface area (Å²) in [7, 11) is 0. The van der Waals surface area contributed by atoms with E-state index in [0.29, 0.717) is 18.8 Å². The molecule has 18 heavy (non-hydrogen) atoms. The molecular weight excluding hydrogens is 253 g/mol. The Balaban J connectivity index is 2.45. The first-order chi connectivity index (χ1) is 8.67. The van der Waals surface area contributed by atoms with Crippen molar-refractivity contribution in [2.45, 2.75) is 18.2 Å². The quantitative estimate of drug-likeness (QED) is 0.773. The lowest BCUT2D eigenvalue weighted by atomic mass is 10.4. The third kappa shape index (κ3) is 5.06. The van der Waals surface area contributed by atoms with Gasteiger partial charge in [-0.2, -0.15) is 0 Å². The molecular formula is C13H18FNO2S. The number of aliphatic hydroxyl groups excluding tert-OH is 1. The van der Waals surface area contributed by atoms with Crippen LogP contribution in [-0.2, 0) is 4.79 Å². The molecule has 0 bridgehead atoms. The van der Waals surface area contributed by atoms with E-state index in [-0.39, 0.29) is 18.3 Å². The number of carbonyl (C=O) groups excluding carboxylic acids is 1. The van der Waals surface area contributed by atoms with Crippen molar-refractivity contribution in [3.05, 3.63) is 30.1 Å². The van der Waals surface area contributed by atoms with Gasteiger partial charge in [0.15, 0.2) is 0 Å². The van der Waals surface area contributed by atoms with E-state index in [4.69, 9.17) is 5.11 Å². The minimum atomic E-state index is -0.279. The molecule has 0 unspecified atom stereocenters. The molecule has 0 aliphatic rings. The molecule has 0 atom stereocenters. The predicted molar refractivity (Wildman–Crippen MR) is 71.1 cm³/mol. The summed E-state index contributed by atoms with van der Waals surface area (Å²) in [5.74, 6) is 0.0322. The zero-order valence-electron chi connectivity index (χ0n) is 10.4. The van der Waals surface area contributed by atoms with E-state index in [1.807, 2.05) is 6.92 Å². The Hall–Kier alpha value is -1.07. The topological polar surface area (TPSA) is 40.5 Å². The van der Waals surface area contributed by atoms with Crippen LogP contribution >= 0.6 is 11.8 Å². The van der Waals surface area contributed by atoms with Gasteiger partial charge >= 0.3 is 0 Å². The van der Waals surface area contributed by atoms with Crippen LogP contribution < -0.4 is 0 Å². The van der Waals surface area contributed by atoms with Crippen molar-refractivity contribution in [2.75, 3.05) is 25.4 Å². The number of carbonyl (C=O) groups is 1. The highest BCUT2D eigenvalue weighted by Gasteiger charge is 2.12. The van der Waals surface area contributed by atoms with Crippen molar-refractivity contribution in [1.29, 1.82) is 0 Å².